The second-order valence-electron chi connectivity index (χ2n) is 5.08. The molecule has 5 heteroatoms. The number of carbonyl (C=O) groups is 1. The van der Waals surface area contributed by atoms with E-state index in [1.807, 2.05) is 44.1 Å². The summed E-state index contributed by atoms with van der Waals surface area (Å²) < 4.78 is 0. The van der Waals surface area contributed by atoms with Gasteiger partial charge in [0.25, 0.3) is 5.91 Å². The van der Waals surface area contributed by atoms with E-state index in [-0.39, 0.29) is 5.91 Å². The van der Waals surface area contributed by atoms with Crippen LogP contribution in [0, 0.1) is 6.92 Å². The zero-order valence-electron chi connectivity index (χ0n) is 12.3. The van der Waals surface area contributed by atoms with Crippen LogP contribution in [0.1, 0.15) is 15.9 Å². The van der Waals surface area contributed by atoms with Crippen LogP contribution < -0.4 is 16.0 Å². The van der Waals surface area contributed by atoms with E-state index in [0.717, 1.165) is 16.9 Å². The molecule has 0 aromatic heterocycles. The molecule has 0 spiro atoms. The van der Waals surface area contributed by atoms with E-state index in [2.05, 4.69) is 5.32 Å². The fourth-order valence-electron chi connectivity index (χ4n) is 2.00. The fraction of sp³-hybridized carbons (Fsp3) is 0.188. The van der Waals surface area contributed by atoms with Crippen LogP contribution >= 0.6 is 11.6 Å². The lowest BCUT2D eigenvalue weighted by atomic mass is 10.1. The predicted molar refractivity (Wildman–Crippen MR) is 89.3 cm³/mol. The SMILES string of the molecule is Cc1cc(N(C)C)ccc1NC(=O)c1ccc(Cl)cc1N. The minimum Gasteiger partial charge on any atom is -0.398 e. The molecule has 1 amide bonds. The third-order valence-electron chi connectivity index (χ3n) is 3.23. The average molecular weight is 304 g/mol. The minimum atomic E-state index is -0.245. The van der Waals surface area contributed by atoms with Gasteiger partial charge in [0, 0.05) is 36.2 Å². The largest absolute Gasteiger partial charge is 0.398 e. The van der Waals surface area contributed by atoms with Gasteiger partial charge in [-0.05, 0) is 48.9 Å². The van der Waals surface area contributed by atoms with Crippen LogP contribution in [-0.2, 0) is 0 Å². The molecule has 0 unspecified atom stereocenters. The second-order valence-corrected chi connectivity index (χ2v) is 5.52. The Labute approximate surface area is 129 Å². The number of nitrogens with zero attached hydrogens (tertiary/aromatic N) is 1. The van der Waals surface area contributed by atoms with Crippen LogP contribution in [0.3, 0.4) is 0 Å². The Bertz CT molecular complexity index is 683. The maximum absolute atomic E-state index is 12.3. The molecule has 2 aromatic carbocycles. The monoisotopic (exact) mass is 303 g/mol. The van der Waals surface area contributed by atoms with E-state index in [0.29, 0.717) is 16.3 Å². The van der Waals surface area contributed by atoms with Crippen LogP contribution in [-0.4, -0.2) is 20.0 Å². The summed E-state index contributed by atoms with van der Waals surface area (Å²) in [5, 5.41) is 3.38. The van der Waals surface area contributed by atoms with Gasteiger partial charge in [-0.3, -0.25) is 4.79 Å². The molecule has 4 nitrogen and oxygen atoms in total. The maximum atomic E-state index is 12.3. The molecule has 0 heterocycles. The third-order valence-corrected chi connectivity index (χ3v) is 3.47. The van der Waals surface area contributed by atoms with Gasteiger partial charge in [-0.25, -0.2) is 0 Å². The van der Waals surface area contributed by atoms with Crippen molar-refractivity contribution >= 4 is 34.6 Å². The van der Waals surface area contributed by atoms with Gasteiger partial charge in [-0.1, -0.05) is 11.6 Å². The quantitative estimate of drug-likeness (QED) is 0.853. The zero-order chi connectivity index (χ0) is 15.6. The molecule has 3 N–H and O–H groups in total. The van der Waals surface area contributed by atoms with E-state index in [1.165, 1.54) is 0 Å². The standard InChI is InChI=1S/C16H18ClN3O/c1-10-8-12(20(2)3)5-7-15(10)19-16(21)13-6-4-11(17)9-14(13)18/h4-9H,18H2,1-3H3,(H,19,21). The van der Waals surface area contributed by atoms with E-state index in [9.17, 15) is 4.79 Å². The molecule has 2 aromatic rings. The number of hydrogen-bond acceptors (Lipinski definition) is 3. The smallest absolute Gasteiger partial charge is 0.257 e. The number of nitrogens with one attached hydrogen (secondary N) is 1. The van der Waals surface area contributed by atoms with E-state index < -0.39 is 0 Å². The van der Waals surface area contributed by atoms with Gasteiger partial charge >= 0.3 is 0 Å². The van der Waals surface area contributed by atoms with Crippen molar-refractivity contribution in [3.05, 3.63) is 52.5 Å². The number of aryl methyl sites for hydroxylation is 1. The first-order valence-corrected chi connectivity index (χ1v) is 6.90. The molecule has 0 aliphatic heterocycles. The van der Waals surface area contributed by atoms with Crippen LogP contribution in [0.4, 0.5) is 17.1 Å². The van der Waals surface area contributed by atoms with Crippen molar-refractivity contribution < 1.29 is 4.79 Å². The highest BCUT2D eigenvalue weighted by molar-refractivity contribution is 6.31. The van der Waals surface area contributed by atoms with Crippen LogP contribution in [0.2, 0.25) is 5.02 Å². The second kappa shape index (κ2) is 6.06. The molecule has 0 fully saturated rings. The topological polar surface area (TPSA) is 58.4 Å². The highest BCUT2D eigenvalue weighted by Crippen LogP contribution is 2.23. The van der Waals surface area contributed by atoms with E-state index in [1.54, 1.807) is 18.2 Å². The molecule has 0 bridgehead atoms. The number of nitrogens with two attached hydrogens (primary N) is 1. The molecule has 0 saturated carbocycles. The van der Waals surface area contributed by atoms with Crippen molar-refractivity contribution in [3.63, 3.8) is 0 Å². The van der Waals surface area contributed by atoms with E-state index in [4.69, 9.17) is 17.3 Å². The normalized spacial score (nSPS) is 10.3. The lowest BCUT2D eigenvalue weighted by Gasteiger charge is -2.16. The van der Waals surface area contributed by atoms with Gasteiger partial charge in [0.1, 0.15) is 0 Å². The molecule has 110 valence electrons. The number of carbonyl (C=O) groups excluding carboxylic acids is 1. The number of halogens is 1. The number of amides is 1. The van der Waals surface area contributed by atoms with Crippen molar-refractivity contribution in [3.8, 4) is 0 Å². The summed E-state index contributed by atoms with van der Waals surface area (Å²) in [7, 11) is 3.95. The summed E-state index contributed by atoms with van der Waals surface area (Å²) in [6, 6.07) is 10.7. The van der Waals surface area contributed by atoms with Gasteiger partial charge in [0.05, 0.1) is 5.56 Å². The Hall–Kier alpha value is -2.20. The first-order valence-electron chi connectivity index (χ1n) is 6.53. The van der Waals surface area contributed by atoms with Crippen molar-refractivity contribution in [1.82, 2.24) is 0 Å². The van der Waals surface area contributed by atoms with Gasteiger partial charge in [-0.15, -0.1) is 0 Å². The summed E-state index contributed by atoms with van der Waals surface area (Å²) in [6.45, 7) is 1.95. The average Bonchev–Trinajstić information content (AvgIpc) is 2.40. The van der Waals surface area contributed by atoms with Crippen molar-refractivity contribution in [1.29, 1.82) is 0 Å². The van der Waals surface area contributed by atoms with Crippen molar-refractivity contribution in [2.24, 2.45) is 0 Å². The van der Waals surface area contributed by atoms with E-state index >= 15 is 0 Å². The molecule has 0 aliphatic carbocycles. The zero-order valence-corrected chi connectivity index (χ0v) is 13.0. The minimum absolute atomic E-state index is 0.245. The van der Waals surface area contributed by atoms with Gasteiger partial charge in [-0.2, -0.15) is 0 Å². The number of benzene rings is 2. The lowest BCUT2D eigenvalue weighted by molar-refractivity contribution is 0.102. The first kappa shape index (κ1) is 15.2. The summed E-state index contributed by atoms with van der Waals surface area (Å²) in [6.07, 6.45) is 0. The first-order chi connectivity index (χ1) is 9.88. The number of rotatable bonds is 3. The highest BCUT2D eigenvalue weighted by Gasteiger charge is 2.11. The number of hydrogen-bond donors (Lipinski definition) is 2. The molecular formula is C16H18ClN3O. The Kier molecular flexibility index (Phi) is 4.38. The summed E-state index contributed by atoms with van der Waals surface area (Å²) in [5.74, 6) is -0.245. The molecular weight excluding hydrogens is 286 g/mol. The molecule has 0 saturated heterocycles. The predicted octanol–water partition coefficient (Wildman–Crippen LogP) is 3.55. The van der Waals surface area contributed by atoms with Crippen molar-refractivity contribution in [2.45, 2.75) is 6.92 Å². The lowest BCUT2D eigenvalue weighted by Crippen LogP contribution is -2.15. The van der Waals surface area contributed by atoms with Crippen LogP contribution in [0.5, 0.6) is 0 Å². The summed E-state index contributed by atoms with van der Waals surface area (Å²) in [4.78, 5) is 14.3. The Morgan fingerprint density at radius 2 is 1.90 bits per heavy atom. The molecule has 0 atom stereocenters. The van der Waals surface area contributed by atoms with Gasteiger partial charge in [0.2, 0.25) is 0 Å². The van der Waals surface area contributed by atoms with Crippen LogP contribution in [0.25, 0.3) is 0 Å². The molecule has 21 heavy (non-hydrogen) atoms. The molecule has 0 aliphatic rings. The summed E-state index contributed by atoms with van der Waals surface area (Å²) >= 11 is 5.84. The number of nitrogen functional groups attached to an aromatic ring is 1. The maximum Gasteiger partial charge on any atom is 0.257 e. The van der Waals surface area contributed by atoms with Gasteiger partial charge < -0.3 is 16.0 Å². The van der Waals surface area contributed by atoms with Crippen LogP contribution in [0.15, 0.2) is 36.4 Å². The Morgan fingerprint density at radius 3 is 2.48 bits per heavy atom. The Morgan fingerprint density at radius 1 is 1.19 bits per heavy atom. The number of anilines is 3. The highest BCUT2D eigenvalue weighted by atomic mass is 35.5. The van der Waals surface area contributed by atoms with Gasteiger partial charge in [0.15, 0.2) is 0 Å². The van der Waals surface area contributed by atoms with Crippen molar-refractivity contribution in [2.75, 3.05) is 30.0 Å². The molecule has 0 radical (unpaired) electrons. The fourth-order valence-corrected chi connectivity index (χ4v) is 2.18. The molecule has 2 rings (SSSR count). The Balaban J connectivity index is 2.23. The summed E-state index contributed by atoms with van der Waals surface area (Å²) in [5.41, 5.74) is 9.43. The third kappa shape index (κ3) is 3.47.